The van der Waals surface area contributed by atoms with Crippen LogP contribution in [0.3, 0.4) is 0 Å². The molecule has 0 bridgehead atoms. The van der Waals surface area contributed by atoms with Crippen LogP contribution in [-0.2, 0) is 0 Å². The van der Waals surface area contributed by atoms with Crippen molar-refractivity contribution in [1.29, 1.82) is 0 Å². The predicted octanol–water partition coefficient (Wildman–Crippen LogP) is 3.92. The fourth-order valence-electron chi connectivity index (χ4n) is 2.28. The monoisotopic (exact) mass is 226 g/mol. The Morgan fingerprint density at radius 3 is 2.35 bits per heavy atom. The maximum atomic E-state index is 9.34. The highest BCUT2D eigenvalue weighted by Gasteiger charge is 2.21. The standard InChI is InChI=1S/C16H18O/c1-13(17)16-11-9-15(10-12-16)8-7-14-5-3-2-4-6-14/h2-6,15-17H,1,9-12H2. The molecule has 0 heterocycles. The van der Waals surface area contributed by atoms with Crippen molar-refractivity contribution in [2.24, 2.45) is 11.8 Å². The summed E-state index contributed by atoms with van der Waals surface area (Å²) in [6.07, 6.45) is 4.18. The molecule has 1 N–H and O–H groups in total. The van der Waals surface area contributed by atoms with Crippen molar-refractivity contribution in [3.63, 3.8) is 0 Å². The Hall–Kier alpha value is -1.68. The van der Waals surface area contributed by atoms with Crippen molar-refractivity contribution < 1.29 is 5.11 Å². The molecule has 1 nitrogen and oxygen atoms in total. The second-order valence-corrected chi connectivity index (χ2v) is 4.68. The fraction of sp³-hybridized carbons (Fsp3) is 0.375. The summed E-state index contributed by atoms with van der Waals surface area (Å²) in [5.41, 5.74) is 1.08. The maximum absolute atomic E-state index is 9.34. The molecule has 2 rings (SSSR count). The summed E-state index contributed by atoms with van der Waals surface area (Å²) in [5.74, 6) is 7.68. The molecule has 0 aromatic heterocycles. The summed E-state index contributed by atoms with van der Waals surface area (Å²) in [6, 6.07) is 10.1. The largest absolute Gasteiger partial charge is 0.513 e. The lowest BCUT2D eigenvalue weighted by molar-refractivity contribution is 0.259. The van der Waals surface area contributed by atoms with Crippen molar-refractivity contribution in [1.82, 2.24) is 0 Å². The average Bonchev–Trinajstić information content (AvgIpc) is 2.38. The van der Waals surface area contributed by atoms with E-state index in [1.165, 1.54) is 0 Å². The van der Waals surface area contributed by atoms with Crippen LogP contribution in [0.25, 0.3) is 0 Å². The van der Waals surface area contributed by atoms with Gasteiger partial charge in [-0.2, -0.15) is 0 Å². The third kappa shape index (κ3) is 3.39. The topological polar surface area (TPSA) is 20.2 Å². The Morgan fingerprint density at radius 1 is 1.12 bits per heavy atom. The Kier molecular flexibility index (Phi) is 3.88. The van der Waals surface area contributed by atoms with Crippen molar-refractivity contribution in [3.8, 4) is 11.8 Å². The Labute approximate surface area is 103 Å². The molecule has 1 heteroatoms. The third-order valence-corrected chi connectivity index (χ3v) is 3.39. The Morgan fingerprint density at radius 2 is 1.76 bits per heavy atom. The van der Waals surface area contributed by atoms with Crippen LogP contribution in [-0.4, -0.2) is 5.11 Å². The smallest absolute Gasteiger partial charge is 0.0881 e. The first-order valence-corrected chi connectivity index (χ1v) is 6.20. The van der Waals surface area contributed by atoms with Crippen LogP contribution in [0, 0.1) is 23.7 Å². The molecule has 1 fully saturated rings. The first kappa shape index (κ1) is 11.8. The molecule has 1 aliphatic carbocycles. The lowest BCUT2D eigenvalue weighted by Crippen LogP contribution is -2.14. The van der Waals surface area contributed by atoms with Crippen LogP contribution >= 0.6 is 0 Å². The van der Waals surface area contributed by atoms with Gasteiger partial charge < -0.3 is 5.11 Å². The summed E-state index contributed by atoms with van der Waals surface area (Å²) < 4.78 is 0. The molecule has 88 valence electrons. The zero-order chi connectivity index (χ0) is 12.1. The molecule has 1 saturated carbocycles. The van der Waals surface area contributed by atoms with Crippen LogP contribution in [0.5, 0.6) is 0 Å². The van der Waals surface area contributed by atoms with Gasteiger partial charge in [-0.25, -0.2) is 0 Å². The van der Waals surface area contributed by atoms with Gasteiger partial charge in [-0.15, -0.1) is 0 Å². The van der Waals surface area contributed by atoms with Gasteiger partial charge in [0.25, 0.3) is 0 Å². The number of allylic oxidation sites excluding steroid dienone is 1. The van der Waals surface area contributed by atoms with Crippen LogP contribution in [0.1, 0.15) is 31.2 Å². The van der Waals surface area contributed by atoms with Gasteiger partial charge in [0.05, 0.1) is 5.76 Å². The van der Waals surface area contributed by atoms with Gasteiger partial charge in [-0.05, 0) is 37.8 Å². The van der Waals surface area contributed by atoms with Gasteiger partial charge in [0, 0.05) is 17.4 Å². The van der Waals surface area contributed by atoms with E-state index in [0.29, 0.717) is 17.6 Å². The third-order valence-electron chi connectivity index (χ3n) is 3.39. The van der Waals surface area contributed by atoms with Crippen LogP contribution in [0.4, 0.5) is 0 Å². The van der Waals surface area contributed by atoms with Gasteiger partial charge in [0.15, 0.2) is 0 Å². The van der Waals surface area contributed by atoms with Crippen molar-refractivity contribution >= 4 is 0 Å². The Balaban J connectivity index is 1.91. The second-order valence-electron chi connectivity index (χ2n) is 4.68. The molecule has 0 atom stereocenters. The van der Waals surface area contributed by atoms with E-state index in [0.717, 1.165) is 31.2 Å². The summed E-state index contributed by atoms with van der Waals surface area (Å²) >= 11 is 0. The van der Waals surface area contributed by atoms with Crippen molar-refractivity contribution in [3.05, 3.63) is 48.2 Å². The molecule has 1 aromatic rings. The Bertz CT molecular complexity index is 428. The number of aliphatic hydroxyl groups excluding tert-OH is 1. The first-order valence-electron chi connectivity index (χ1n) is 6.20. The molecular formula is C16H18O. The lowest BCUT2D eigenvalue weighted by Gasteiger charge is -2.24. The van der Waals surface area contributed by atoms with E-state index < -0.39 is 0 Å². The van der Waals surface area contributed by atoms with Gasteiger partial charge in [0.1, 0.15) is 0 Å². The summed E-state index contributed by atoms with van der Waals surface area (Å²) in [5, 5.41) is 9.34. The van der Waals surface area contributed by atoms with E-state index in [1.54, 1.807) is 0 Å². The summed E-state index contributed by atoms with van der Waals surface area (Å²) in [4.78, 5) is 0. The first-order chi connectivity index (χ1) is 8.25. The van der Waals surface area contributed by atoms with Crippen molar-refractivity contribution in [2.45, 2.75) is 25.7 Å². The van der Waals surface area contributed by atoms with Crippen molar-refractivity contribution in [2.75, 3.05) is 0 Å². The molecule has 0 saturated heterocycles. The van der Waals surface area contributed by atoms with E-state index in [2.05, 4.69) is 18.4 Å². The quantitative estimate of drug-likeness (QED) is 0.568. The average molecular weight is 226 g/mol. The highest BCUT2D eigenvalue weighted by Crippen LogP contribution is 2.31. The molecule has 1 aromatic carbocycles. The van der Waals surface area contributed by atoms with E-state index in [1.807, 2.05) is 30.3 Å². The normalized spacial score (nSPS) is 23.5. The van der Waals surface area contributed by atoms with Crippen LogP contribution in [0.2, 0.25) is 0 Å². The minimum Gasteiger partial charge on any atom is -0.513 e. The number of hydrogen-bond acceptors (Lipinski definition) is 1. The van der Waals surface area contributed by atoms with Gasteiger partial charge >= 0.3 is 0 Å². The highest BCUT2D eigenvalue weighted by atomic mass is 16.3. The molecule has 1 aliphatic rings. The predicted molar refractivity (Wildman–Crippen MR) is 70.5 cm³/mol. The van der Waals surface area contributed by atoms with Crippen LogP contribution < -0.4 is 0 Å². The number of rotatable bonds is 1. The van der Waals surface area contributed by atoms with E-state index >= 15 is 0 Å². The zero-order valence-electron chi connectivity index (χ0n) is 10.0. The number of benzene rings is 1. The molecular weight excluding hydrogens is 208 g/mol. The molecule has 17 heavy (non-hydrogen) atoms. The second kappa shape index (κ2) is 5.59. The summed E-state index contributed by atoms with van der Waals surface area (Å²) in [6.45, 7) is 3.62. The molecule has 0 aliphatic heterocycles. The lowest BCUT2D eigenvalue weighted by atomic mass is 9.81. The summed E-state index contributed by atoms with van der Waals surface area (Å²) in [7, 11) is 0. The van der Waals surface area contributed by atoms with Gasteiger partial charge in [-0.3, -0.25) is 0 Å². The molecule has 0 amide bonds. The van der Waals surface area contributed by atoms with Gasteiger partial charge in [0.2, 0.25) is 0 Å². The molecule has 0 spiro atoms. The van der Waals surface area contributed by atoms with Crippen LogP contribution in [0.15, 0.2) is 42.7 Å². The van der Waals surface area contributed by atoms with Gasteiger partial charge in [-0.1, -0.05) is 36.6 Å². The zero-order valence-corrected chi connectivity index (χ0v) is 10.0. The van der Waals surface area contributed by atoms with E-state index in [-0.39, 0.29) is 0 Å². The fourth-order valence-corrected chi connectivity index (χ4v) is 2.28. The molecule has 0 radical (unpaired) electrons. The minimum absolute atomic E-state index is 0.296. The van der Waals surface area contributed by atoms with E-state index in [9.17, 15) is 5.11 Å². The number of hydrogen-bond donors (Lipinski definition) is 1. The highest BCUT2D eigenvalue weighted by molar-refractivity contribution is 5.34. The van der Waals surface area contributed by atoms with E-state index in [4.69, 9.17) is 0 Å². The minimum atomic E-state index is 0.296. The SMILES string of the molecule is C=C(O)C1CCC(C#Cc2ccccc2)CC1. The molecule has 0 unspecified atom stereocenters. The number of aliphatic hydroxyl groups is 1. The maximum Gasteiger partial charge on any atom is 0.0881 e.